The van der Waals surface area contributed by atoms with E-state index in [0.717, 1.165) is 56.9 Å². The average molecular weight is 534 g/mol. The molecule has 1 aliphatic heterocycles. The second-order valence-electron chi connectivity index (χ2n) is 8.98. The van der Waals surface area contributed by atoms with Gasteiger partial charge in [-0.25, -0.2) is 0 Å². The van der Waals surface area contributed by atoms with Gasteiger partial charge in [0.2, 0.25) is 0 Å². The third-order valence-corrected chi connectivity index (χ3v) is 7.31. The molecule has 2 aromatic carbocycles. The molecule has 0 spiro atoms. The Morgan fingerprint density at radius 3 is 2.50 bits per heavy atom. The molecule has 0 bridgehead atoms. The van der Waals surface area contributed by atoms with Crippen molar-refractivity contribution in [2.75, 3.05) is 40.5 Å². The fourth-order valence-electron chi connectivity index (χ4n) is 4.34. The van der Waals surface area contributed by atoms with Gasteiger partial charge in [-0.05, 0) is 48.7 Å². The van der Waals surface area contributed by atoms with E-state index in [1.807, 2.05) is 29.1 Å². The number of aromatic nitrogens is 2. The number of nitrogens with zero attached hydrogens (tertiary/aromatic N) is 3. The summed E-state index contributed by atoms with van der Waals surface area (Å²) < 4.78 is 25.4. The lowest BCUT2D eigenvalue weighted by atomic mass is 9.91. The first-order valence-corrected chi connectivity index (χ1v) is 12.9. The first-order valence-electron chi connectivity index (χ1n) is 12.1. The molecule has 7 nitrogen and oxygen atoms in total. The zero-order valence-electron chi connectivity index (χ0n) is 20.8. The topological polar surface area (TPSA) is 58.0 Å². The highest BCUT2D eigenvalue weighted by molar-refractivity contribution is 6.42. The van der Waals surface area contributed by atoms with Crippen LogP contribution in [0.5, 0.6) is 17.2 Å². The smallest absolute Gasteiger partial charge is 0.161 e. The first-order chi connectivity index (χ1) is 17.5. The number of piperidine rings is 1. The molecule has 0 saturated carbocycles. The van der Waals surface area contributed by atoms with Crippen LogP contribution in [0.3, 0.4) is 0 Å². The van der Waals surface area contributed by atoms with E-state index < -0.39 is 0 Å². The molecule has 0 unspecified atom stereocenters. The van der Waals surface area contributed by atoms with Crippen molar-refractivity contribution in [2.45, 2.75) is 38.0 Å². The van der Waals surface area contributed by atoms with E-state index in [2.05, 4.69) is 22.1 Å². The number of aryl methyl sites for hydroxylation is 1. The first kappa shape index (κ1) is 26.6. The quantitative estimate of drug-likeness (QED) is 0.277. The van der Waals surface area contributed by atoms with Crippen LogP contribution in [-0.4, -0.2) is 60.8 Å². The van der Waals surface area contributed by atoms with Crippen LogP contribution in [0.2, 0.25) is 10.0 Å². The van der Waals surface area contributed by atoms with Gasteiger partial charge >= 0.3 is 0 Å². The molecule has 9 heteroatoms. The van der Waals surface area contributed by atoms with Gasteiger partial charge < -0.3 is 18.9 Å². The molecule has 0 N–H and O–H groups in total. The monoisotopic (exact) mass is 533 g/mol. The lowest BCUT2D eigenvalue weighted by Gasteiger charge is -2.40. The van der Waals surface area contributed by atoms with E-state index >= 15 is 0 Å². The van der Waals surface area contributed by atoms with E-state index in [9.17, 15) is 0 Å². The van der Waals surface area contributed by atoms with Crippen LogP contribution in [0.1, 0.15) is 24.8 Å². The number of halogens is 2. The number of ether oxygens (including phenoxy) is 4. The van der Waals surface area contributed by atoms with Gasteiger partial charge in [-0.3, -0.25) is 9.58 Å². The highest BCUT2D eigenvalue weighted by Crippen LogP contribution is 2.32. The number of methoxy groups -OCH3 is 2. The van der Waals surface area contributed by atoms with Crippen molar-refractivity contribution in [3.05, 3.63) is 70.5 Å². The van der Waals surface area contributed by atoms with Crippen LogP contribution in [0, 0.1) is 0 Å². The molecule has 1 aliphatic rings. The van der Waals surface area contributed by atoms with E-state index in [-0.39, 0.29) is 5.60 Å². The Hall–Kier alpha value is -2.45. The molecular weight excluding hydrogens is 501 g/mol. The van der Waals surface area contributed by atoms with Gasteiger partial charge in [0.25, 0.3) is 0 Å². The van der Waals surface area contributed by atoms with Crippen LogP contribution in [-0.2, 0) is 17.8 Å². The van der Waals surface area contributed by atoms with Gasteiger partial charge in [0.1, 0.15) is 18.0 Å². The minimum absolute atomic E-state index is 0.325. The molecule has 1 fully saturated rings. The third kappa shape index (κ3) is 7.07. The van der Waals surface area contributed by atoms with Crippen LogP contribution < -0.4 is 14.2 Å². The third-order valence-electron chi connectivity index (χ3n) is 6.58. The van der Waals surface area contributed by atoms with E-state index in [1.165, 1.54) is 5.56 Å². The lowest BCUT2D eigenvalue weighted by Crippen LogP contribution is -2.48. The molecule has 1 aromatic heterocycles. The standard InChI is InChI=1S/C27H33Cl2N3O4/c1-33-26-17-21(5-8-25(26)35-16-4-13-32-12-3-11-30-32)19-31-14-9-27(34-2,10-15-31)20-36-22-6-7-23(28)24(29)18-22/h3,5-8,11-12,17-18H,4,9-10,13-16,19-20H2,1-2H3. The Labute approximate surface area is 222 Å². The predicted molar refractivity (Wildman–Crippen MR) is 142 cm³/mol. The van der Waals surface area contributed by atoms with Crippen molar-refractivity contribution in [1.82, 2.24) is 14.7 Å². The number of rotatable bonds is 12. The maximum atomic E-state index is 6.11. The minimum atomic E-state index is -0.325. The number of hydrogen-bond donors (Lipinski definition) is 0. The SMILES string of the molecule is COc1cc(CN2CCC(COc3ccc(Cl)c(Cl)c3)(OC)CC2)ccc1OCCCn1cccn1. The van der Waals surface area contributed by atoms with Crippen LogP contribution in [0.25, 0.3) is 0 Å². The van der Waals surface area contributed by atoms with Crippen molar-refractivity contribution < 1.29 is 18.9 Å². The van der Waals surface area contributed by atoms with E-state index in [4.69, 9.17) is 42.1 Å². The summed E-state index contributed by atoms with van der Waals surface area (Å²) in [6, 6.07) is 13.4. The van der Waals surface area contributed by atoms with Crippen LogP contribution in [0.15, 0.2) is 54.9 Å². The van der Waals surface area contributed by atoms with E-state index in [1.54, 1.807) is 32.5 Å². The lowest BCUT2D eigenvalue weighted by molar-refractivity contribution is -0.0839. The Balaban J connectivity index is 1.26. The average Bonchev–Trinajstić information content (AvgIpc) is 3.42. The Morgan fingerprint density at radius 2 is 1.81 bits per heavy atom. The summed E-state index contributed by atoms with van der Waals surface area (Å²) in [5.41, 5.74) is 0.862. The molecular formula is C27H33Cl2N3O4. The van der Waals surface area contributed by atoms with Crippen molar-refractivity contribution in [1.29, 1.82) is 0 Å². The minimum Gasteiger partial charge on any atom is -0.493 e. The molecule has 36 heavy (non-hydrogen) atoms. The molecule has 0 amide bonds. The number of benzene rings is 2. The second-order valence-corrected chi connectivity index (χ2v) is 9.80. The zero-order chi connectivity index (χ0) is 25.4. The molecule has 194 valence electrons. The molecule has 3 aromatic rings. The summed E-state index contributed by atoms with van der Waals surface area (Å²) in [5.74, 6) is 2.21. The summed E-state index contributed by atoms with van der Waals surface area (Å²) >= 11 is 12.1. The van der Waals surface area contributed by atoms with Crippen molar-refractivity contribution in [2.24, 2.45) is 0 Å². The fraction of sp³-hybridized carbons (Fsp3) is 0.444. The normalized spacial score (nSPS) is 15.6. The van der Waals surface area contributed by atoms with Gasteiger partial charge in [0.05, 0.1) is 23.8 Å². The molecule has 1 saturated heterocycles. The molecule has 2 heterocycles. The van der Waals surface area contributed by atoms with Gasteiger partial charge in [-0.1, -0.05) is 29.3 Å². The maximum Gasteiger partial charge on any atom is 0.161 e. The predicted octanol–water partition coefficient (Wildman–Crippen LogP) is 5.73. The molecule has 0 atom stereocenters. The summed E-state index contributed by atoms with van der Waals surface area (Å²) in [5, 5.41) is 5.21. The second kappa shape index (κ2) is 12.7. The van der Waals surface area contributed by atoms with Crippen molar-refractivity contribution in [3.63, 3.8) is 0 Å². The Kier molecular flexibility index (Phi) is 9.37. The summed E-state index contributed by atoms with van der Waals surface area (Å²) in [6.07, 6.45) is 6.36. The van der Waals surface area contributed by atoms with Gasteiger partial charge in [0.15, 0.2) is 11.5 Å². The summed E-state index contributed by atoms with van der Waals surface area (Å²) in [4.78, 5) is 2.43. The van der Waals surface area contributed by atoms with Crippen molar-refractivity contribution in [3.8, 4) is 17.2 Å². The number of likely N-dealkylation sites (tertiary alicyclic amines) is 1. The maximum absolute atomic E-state index is 6.11. The molecule has 0 radical (unpaired) electrons. The van der Waals surface area contributed by atoms with Crippen molar-refractivity contribution >= 4 is 23.2 Å². The van der Waals surface area contributed by atoms with E-state index in [0.29, 0.717) is 29.0 Å². The Morgan fingerprint density at radius 1 is 0.972 bits per heavy atom. The molecule has 4 rings (SSSR count). The van der Waals surface area contributed by atoms with Gasteiger partial charge in [-0.2, -0.15) is 5.10 Å². The fourth-order valence-corrected chi connectivity index (χ4v) is 4.62. The van der Waals surface area contributed by atoms with Gasteiger partial charge in [0, 0.05) is 58.2 Å². The van der Waals surface area contributed by atoms with Crippen LogP contribution >= 0.6 is 23.2 Å². The van der Waals surface area contributed by atoms with Crippen LogP contribution in [0.4, 0.5) is 0 Å². The number of hydrogen-bond acceptors (Lipinski definition) is 6. The summed E-state index contributed by atoms with van der Waals surface area (Å²) in [6.45, 7) is 4.55. The zero-order valence-corrected chi connectivity index (χ0v) is 22.3. The largest absolute Gasteiger partial charge is 0.493 e. The van der Waals surface area contributed by atoms with Gasteiger partial charge in [-0.15, -0.1) is 0 Å². The summed E-state index contributed by atoms with van der Waals surface area (Å²) in [7, 11) is 3.43. The highest BCUT2D eigenvalue weighted by atomic mass is 35.5. The highest BCUT2D eigenvalue weighted by Gasteiger charge is 2.35. The molecule has 0 aliphatic carbocycles. The Bertz CT molecular complexity index is 1100.